The highest BCUT2D eigenvalue weighted by molar-refractivity contribution is 7.16. The second kappa shape index (κ2) is 9.67. The molecular weight excluding hydrogens is 488 g/mol. The van der Waals surface area contributed by atoms with E-state index in [9.17, 15) is 14.4 Å². The van der Waals surface area contributed by atoms with E-state index in [1.165, 1.54) is 32.9 Å². The van der Waals surface area contributed by atoms with Crippen LogP contribution in [0.4, 0.5) is 5.82 Å². The van der Waals surface area contributed by atoms with Gasteiger partial charge in [-0.15, -0.1) is 11.3 Å². The van der Waals surface area contributed by atoms with Crippen molar-refractivity contribution in [2.24, 2.45) is 5.41 Å². The number of hydrogen-bond acceptors (Lipinski definition) is 7. The Bertz CT molecular complexity index is 1430. The van der Waals surface area contributed by atoms with E-state index in [1.54, 1.807) is 30.5 Å². The molecule has 0 saturated heterocycles. The van der Waals surface area contributed by atoms with E-state index in [0.29, 0.717) is 28.0 Å². The number of anilines is 1. The van der Waals surface area contributed by atoms with Crippen molar-refractivity contribution in [3.63, 3.8) is 0 Å². The van der Waals surface area contributed by atoms with E-state index in [2.05, 4.69) is 5.10 Å². The fourth-order valence-corrected chi connectivity index (χ4v) is 4.62. The summed E-state index contributed by atoms with van der Waals surface area (Å²) < 4.78 is 8.54. The average Bonchev–Trinajstić information content (AvgIpc) is 3.55. The van der Waals surface area contributed by atoms with Crippen LogP contribution >= 0.6 is 22.9 Å². The Morgan fingerprint density at radius 3 is 2.57 bits per heavy atom. The van der Waals surface area contributed by atoms with E-state index in [1.807, 2.05) is 44.9 Å². The van der Waals surface area contributed by atoms with Gasteiger partial charge < -0.3 is 13.9 Å². The predicted octanol–water partition coefficient (Wildman–Crippen LogP) is 5.23. The standard InChI is InChI=1S/C25H25ClN4O4S/c1-25(2,3)24(33)30-22(28(4)14-17-8-9-21(26)35-17)12-18(27-30)16-7-10-23(32)29(13-16)15-19(31)20-6-5-11-34-20/h5-13H,14-15H2,1-4H3. The van der Waals surface area contributed by atoms with Crippen molar-refractivity contribution in [2.75, 3.05) is 11.9 Å². The van der Waals surface area contributed by atoms with Gasteiger partial charge in [0.2, 0.25) is 5.78 Å². The highest BCUT2D eigenvalue weighted by Crippen LogP contribution is 2.29. The molecule has 0 aliphatic heterocycles. The monoisotopic (exact) mass is 512 g/mol. The molecule has 0 bridgehead atoms. The molecule has 10 heteroatoms. The number of Topliss-reactive ketones (excluding diaryl/α,β-unsaturated/α-hetero) is 1. The molecule has 4 heterocycles. The zero-order chi connectivity index (χ0) is 25.3. The zero-order valence-corrected chi connectivity index (χ0v) is 21.4. The van der Waals surface area contributed by atoms with Crippen LogP contribution in [0.5, 0.6) is 0 Å². The third-order valence-electron chi connectivity index (χ3n) is 5.33. The fraction of sp³-hybridized carbons (Fsp3) is 0.280. The summed E-state index contributed by atoms with van der Waals surface area (Å²) in [5, 5.41) is 4.60. The Morgan fingerprint density at radius 1 is 1.17 bits per heavy atom. The number of nitrogens with zero attached hydrogens (tertiary/aromatic N) is 4. The molecule has 4 rings (SSSR count). The number of carbonyl (C=O) groups excluding carboxylic acids is 2. The summed E-state index contributed by atoms with van der Waals surface area (Å²) in [7, 11) is 1.88. The highest BCUT2D eigenvalue weighted by Gasteiger charge is 2.28. The van der Waals surface area contributed by atoms with Crippen molar-refractivity contribution in [2.45, 2.75) is 33.9 Å². The summed E-state index contributed by atoms with van der Waals surface area (Å²) in [6.45, 7) is 5.87. The molecule has 0 atom stereocenters. The quantitative estimate of drug-likeness (QED) is 0.315. The first-order valence-electron chi connectivity index (χ1n) is 10.9. The molecule has 0 unspecified atom stereocenters. The summed E-state index contributed by atoms with van der Waals surface area (Å²) in [4.78, 5) is 41.1. The molecule has 0 radical (unpaired) electrons. The largest absolute Gasteiger partial charge is 0.461 e. The van der Waals surface area contributed by atoms with Gasteiger partial charge >= 0.3 is 0 Å². The minimum absolute atomic E-state index is 0.170. The van der Waals surface area contributed by atoms with Crippen molar-refractivity contribution in [3.8, 4) is 11.3 Å². The van der Waals surface area contributed by atoms with E-state index in [0.717, 1.165) is 4.88 Å². The van der Waals surface area contributed by atoms with Crippen LogP contribution in [0.25, 0.3) is 11.3 Å². The van der Waals surface area contributed by atoms with Crippen LogP contribution in [0.2, 0.25) is 4.34 Å². The Balaban J connectivity index is 1.71. The summed E-state index contributed by atoms with van der Waals surface area (Å²) in [6.07, 6.45) is 2.98. The lowest BCUT2D eigenvalue weighted by molar-refractivity contribution is 0.0751. The van der Waals surface area contributed by atoms with Crippen molar-refractivity contribution in [1.29, 1.82) is 0 Å². The maximum atomic E-state index is 13.2. The van der Waals surface area contributed by atoms with E-state index >= 15 is 0 Å². The molecule has 0 amide bonds. The van der Waals surface area contributed by atoms with Crippen LogP contribution in [0.1, 0.15) is 41.0 Å². The Hall–Kier alpha value is -3.43. The van der Waals surface area contributed by atoms with E-state index in [4.69, 9.17) is 16.0 Å². The number of hydrogen-bond donors (Lipinski definition) is 0. The second-order valence-corrected chi connectivity index (χ2v) is 11.0. The van der Waals surface area contributed by atoms with Gasteiger partial charge in [0, 0.05) is 41.2 Å². The molecule has 0 aromatic carbocycles. The van der Waals surface area contributed by atoms with Gasteiger partial charge in [0.1, 0.15) is 5.82 Å². The lowest BCUT2D eigenvalue weighted by atomic mass is 9.96. The van der Waals surface area contributed by atoms with Crippen molar-refractivity contribution >= 4 is 40.4 Å². The molecule has 0 spiro atoms. The Kier molecular flexibility index (Phi) is 6.82. The van der Waals surface area contributed by atoms with Gasteiger partial charge in [-0.05, 0) is 30.3 Å². The number of rotatable bonds is 7. The van der Waals surface area contributed by atoms with Crippen LogP contribution in [0, 0.1) is 5.41 Å². The van der Waals surface area contributed by atoms with Crippen molar-refractivity contribution in [3.05, 3.63) is 80.3 Å². The predicted molar refractivity (Wildman–Crippen MR) is 136 cm³/mol. The molecular formula is C25H25ClN4O4S. The molecule has 0 N–H and O–H groups in total. The maximum absolute atomic E-state index is 13.2. The molecule has 182 valence electrons. The van der Waals surface area contributed by atoms with Gasteiger partial charge in [-0.1, -0.05) is 32.4 Å². The molecule has 8 nitrogen and oxygen atoms in total. The Labute approximate surface area is 211 Å². The third-order valence-corrected chi connectivity index (χ3v) is 6.54. The SMILES string of the molecule is CN(Cc1ccc(Cl)s1)c1cc(-c2ccc(=O)n(CC(=O)c3ccco3)c2)nn1C(=O)C(C)(C)C. The second-order valence-electron chi connectivity index (χ2n) is 9.20. The molecule has 0 aliphatic rings. The van der Waals surface area contributed by atoms with Crippen molar-refractivity contribution in [1.82, 2.24) is 14.3 Å². The minimum Gasteiger partial charge on any atom is -0.461 e. The van der Waals surface area contributed by atoms with Crippen LogP contribution < -0.4 is 10.5 Å². The van der Waals surface area contributed by atoms with Crippen LogP contribution in [0.3, 0.4) is 0 Å². The summed E-state index contributed by atoms with van der Waals surface area (Å²) in [5.41, 5.74) is 0.115. The van der Waals surface area contributed by atoms with Crippen LogP contribution in [0.15, 0.2) is 64.1 Å². The lowest BCUT2D eigenvalue weighted by Crippen LogP contribution is -2.31. The van der Waals surface area contributed by atoms with Gasteiger partial charge in [0.25, 0.3) is 11.5 Å². The van der Waals surface area contributed by atoms with E-state index < -0.39 is 5.41 Å². The van der Waals surface area contributed by atoms with Gasteiger partial charge in [0.15, 0.2) is 5.76 Å². The average molecular weight is 513 g/mol. The number of carbonyl (C=O) groups is 2. The molecule has 4 aromatic rings. The third kappa shape index (κ3) is 5.47. The van der Waals surface area contributed by atoms with Gasteiger partial charge in [-0.3, -0.25) is 14.4 Å². The first-order valence-corrected chi connectivity index (χ1v) is 12.1. The summed E-state index contributed by atoms with van der Waals surface area (Å²) in [5.74, 6) is 0.294. The molecule has 0 aliphatic carbocycles. The Morgan fingerprint density at radius 2 is 1.94 bits per heavy atom. The highest BCUT2D eigenvalue weighted by atomic mass is 35.5. The lowest BCUT2D eigenvalue weighted by Gasteiger charge is -2.22. The van der Waals surface area contributed by atoms with Crippen LogP contribution in [-0.2, 0) is 13.1 Å². The van der Waals surface area contributed by atoms with Crippen LogP contribution in [-0.4, -0.2) is 33.1 Å². The molecule has 0 fully saturated rings. The number of aromatic nitrogens is 3. The number of ketones is 1. The zero-order valence-electron chi connectivity index (χ0n) is 19.8. The smallest absolute Gasteiger partial charge is 0.254 e. The molecule has 35 heavy (non-hydrogen) atoms. The topological polar surface area (TPSA) is 90.3 Å². The summed E-state index contributed by atoms with van der Waals surface area (Å²) in [6, 6.07) is 11.8. The fourth-order valence-electron chi connectivity index (χ4n) is 3.48. The first kappa shape index (κ1) is 24.7. The van der Waals surface area contributed by atoms with Crippen molar-refractivity contribution < 1.29 is 14.0 Å². The number of halogens is 1. The van der Waals surface area contributed by atoms with Gasteiger partial charge in [0.05, 0.1) is 29.4 Å². The van der Waals surface area contributed by atoms with Gasteiger partial charge in [-0.2, -0.15) is 9.78 Å². The maximum Gasteiger partial charge on any atom is 0.254 e. The number of furan rings is 1. The summed E-state index contributed by atoms with van der Waals surface area (Å²) >= 11 is 7.56. The molecule has 4 aromatic heterocycles. The number of pyridine rings is 1. The minimum atomic E-state index is -0.667. The normalized spacial score (nSPS) is 11.6. The van der Waals surface area contributed by atoms with E-state index in [-0.39, 0.29) is 29.6 Å². The number of thiophene rings is 1. The van der Waals surface area contributed by atoms with Gasteiger partial charge in [-0.25, -0.2) is 0 Å². The molecule has 0 saturated carbocycles. The first-order chi connectivity index (χ1) is 16.5.